The molecule has 1 aliphatic heterocycles. The van der Waals surface area contributed by atoms with E-state index in [0.717, 1.165) is 12.1 Å². The van der Waals surface area contributed by atoms with Gasteiger partial charge in [-0.15, -0.1) is 0 Å². The second-order valence-corrected chi connectivity index (χ2v) is 14.8. The average Bonchev–Trinajstić information content (AvgIpc) is 3.78. The quantitative estimate of drug-likeness (QED) is 0.182. The summed E-state index contributed by atoms with van der Waals surface area (Å²) in [6, 6.07) is 70.9. The fourth-order valence-electron chi connectivity index (χ4n) is 9.23. The van der Waals surface area contributed by atoms with Gasteiger partial charge in [-0.3, -0.25) is 0 Å². The van der Waals surface area contributed by atoms with Gasteiger partial charge in [-0.25, -0.2) is 0 Å². The molecule has 0 bridgehead atoms. The van der Waals surface area contributed by atoms with Crippen LogP contribution in [0.25, 0.3) is 77.1 Å². The fraction of sp³-hybridized carbons (Fsp3) is 0.0566. The smallest absolute Gasteiger partial charge is 0.127 e. The predicted molar refractivity (Wildman–Crippen MR) is 237 cm³/mol. The number of hydrogen-bond acceptors (Lipinski definition) is 1. The summed E-state index contributed by atoms with van der Waals surface area (Å²) < 4.78 is 4.94. The van der Waals surface area contributed by atoms with Crippen LogP contribution in [0.5, 0.6) is 0 Å². The number of benzene rings is 8. The van der Waals surface area contributed by atoms with E-state index in [2.05, 4.69) is 215 Å². The van der Waals surface area contributed by atoms with Gasteiger partial charge < -0.3 is 14.5 Å². The second-order valence-electron chi connectivity index (χ2n) is 14.8. The van der Waals surface area contributed by atoms with Crippen molar-refractivity contribution in [1.82, 2.24) is 9.13 Å². The molecule has 0 saturated carbocycles. The van der Waals surface area contributed by atoms with Gasteiger partial charge in [-0.1, -0.05) is 153 Å². The lowest BCUT2D eigenvalue weighted by Crippen LogP contribution is -2.25. The van der Waals surface area contributed by atoms with E-state index in [9.17, 15) is 0 Å². The molecule has 0 amide bonds. The van der Waals surface area contributed by atoms with Crippen LogP contribution in [0, 0.1) is 0 Å². The number of nitrogens with one attached hydrogen (secondary N) is 1. The lowest BCUT2D eigenvalue weighted by molar-refractivity contribution is 0.659. The van der Waals surface area contributed by atoms with Crippen molar-refractivity contribution in [3.8, 4) is 27.9 Å². The van der Waals surface area contributed by atoms with Gasteiger partial charge in [0, 0.05) is 38.5 Å². The molecule has 266 valence electrons. The highest BCUT2D eigenvalue weighted by Crippen LogP contribution is 2.46. The van der Waals surface area contributed by atoms with Gasteiger partial charge in [-0.05, 0) is 93.9 Å². The van der Waals surface area contributed by atoms with E-state index in [1.807, 2.05) is 0 Å². The maximum Gasteiger partial charge on any atom is 0.127 e. The Morgan fingerprint density at radius 3 is 1.77 bits per heavy atom. The highest BCUT2D eigenvalue weighted by molar-refractivity contribution is 6.12. The molecule has 0 saturated heterocycles. The van der Waals surface area contributed by atoms with Crippen LogP contribution in [0.1, 0.15) is 30.6 Å². The third-order valence-corrected chi connectivity index (χ3v) is 11.8. The standard InChI is InChI=1S/C53H39N3/c1-2-41-52(37-27-25-36(26-28-37)35-15-5-3-6-16-35)45-21-9-12-22-47(45)54-53(41)56-49-24-14-10-19-42(49)44-31-29-39(34-51(44)56)38-30-32-50-46(33-38)43-20-11-13-23-48(43)55(50)40-17-7-4-8-18-40/h3-34,53-54H,2H2,1H3. The second kappa shape index (κ2) is 13.0. The van der Waals surface area contributed by atoms with Crippen molar-refractivity contribution in [3.63, 3.8) is 0 Å². The summed E-state index contributed by atoms with van der Waals surface area (Å²) in [5.41, 5.74) is 17.2. The zero-order chi connectivity index (χ0) is 37.2. The van der Waals surface area contributed by atoms with Crippen LogP contribution in [0.3, 0.4) is 0 Å². The Morgan fingerprint density at radius 2 is 0.982 bits per heavy atom. The first kappa shape index (κ1) is 32.3. The van der Waals surface area contributed by atoms with E-state index in [4.69, 9.17) is 0 Å². The largest absolute Gasteiger partial charge is 0.361 e. The molecule has 1 atom stereocenters. The minimum atomic E-state index is -0.0809. The summed E-state index contributed by atoms with van der Waals surface area (Å²) in [7, 11) is 0. The van der Waals surface area contributed by atoms with Gasteiger partial charge >= 0.3 is 0 Å². The van der Waals surface area contributed by atoms with E-state index >= 15 is 0 Å². The van der Waals surface area contributed by atoms with Crippen molar-refractivity contribution in [2.45, 2.75) is 19.5 Å². The Kier molecular flexibility index (Phi) is 7.53. The molecule has 56 heavy (non-hydrogen) atoms. The van der Waals surface area contributed by atoms with Crippen LogP contribution >= 0.6 is 0 Å². The highest BCUT2D eigenvalue weighted by Gasteiger charge is 2.30. The van der Waals surface area contributed by atoms with Gasteiger partial charge in [-0.2, -0.15) is 0 Å². The SMILES string of the molecule is CCC1=C(c2ccc(-c3ccccc3)cc2)c2ccccc2NC1n1c2ccccc2c2ccc(-c3ccc4c(c3)c3ccccc3n4-c3ccccc3)cc21. The van der Waals surface area contributed by atoms with E-state index in [1.165, 1.54) is 93.8 Å². The maximum absolute atomic E-state index is 4.05. The molecule has 3 heterocycles. The van der Waals surface area contributed by atoms with Gasteiger partial charge in [0.15, 0.2) is 0 Å². The van der Waals surface area contributed by atoms with Crippen molar-refractivity contribution >= 4 is 54.9 Å². The van der Waals surface area contributed by atoms with Crippen molar-refractivity contribution in [3.05, 3.63) is 211 Å². The van der Waals surface area contributed by atoms with Gasteiger partial charge in [0.1, 0.15) is 6.17 Å². The highest BCUT2D eigenvalue weighted by atomic mass is 15.2. The Balaban J connectivity index is 1.10. The molecule has 1 aliphatic rings. The summed E-state index contributed by atoms with van der Waals surface area (Å²) in [4.78, 5) is 0. The number of nitrogens with zero attached hydrogens (tertiary/aromatic N) is 2. The maximum atomic E-state index is 4.05. The topological polar surface area (TPSA) is 21.9 Å². The van der Waals surface area contributed by atoms with Crippen molar-refractivity contribution < 1.29 is 0 Å². The molecule has 1 N–H and O–H groups in total. The third kappa shape index (κ3) is 5.05. The molecule has 0 spiro atoms. The molecular formula is C53H39N3. The monoisotopic (exact) mass is 717 g/mol. The van der Waals surface area contributed by atoms with Crippen LogP contribution in [0.15, 0.2) is 200 Å². The minimum Gasteiger partial charge on any atom is -0.361 e. The number of rotatable bonds is 6. The Bertz CT molecular complexity index is 3130. The molecule has 3 nitrogen and oxygen atoms in total. The van der Waals surface area contributed by atoms with Gasteiger partial charge in [0.2, 0.25) is 0 Å². The summed E-state index contributed by atoms with van der Waals surface area (Å²) in [5.74, 6) is 0. The molecule has 10 aromatic rings. The Hall–Kier alpha value is -7.10. The normalized spacial score (nSPS) is 14.1. The summed E-state index contributed by atoms with van der Waals surface area (Å²) in [6.07, 6.45) is 0.820. The molecular weight excluding hydrogens is 679 g/mol. The average molecular weight is 718 g/mol. The van der Waals surface area contributed by atoms with Crippen molar-refractivity contribution in [2.24, 2.45) is 0 Å². The summed E-state index contributed by atoms with van der Waals surface area (Å²) in [5, 5.41) is 9.09. The number of aromatic nitrogens is 2. The number of hydrogen-bond donors (Lipinski definition) is 1. The zero-order valence-electron chi connectivity index (χ0n) is 31.2. The third-order valence-electron chi connectivity index (χ3n) is 11.8. The Morgan fingerprint density at radius 1 is 0.429 bits per heavy atom. The van der Waals surface area contributed by atoms with Crippen LogP contribution < -0.4 is 5.32 Å². The summed E-state index contributed by atoms with van der Waals surface area (Å²) in [6.45, 7) is 2.30. The van der Waals surface area contributed by atoms with Gasteiger partial charge in [0.05, 0.1) is 22.1 Å². The zero-order valence-corrected chi connectivity index (χ0v) is 31.2. The number of para-hydroxylation sites is 4. The molecule has 0 aliphatic carbocycles. The van der Waals surface area contributed by atoms with E-state index < -0.39 is 0 Å². The number of fused-ring (bicyclic) bond motifs is 7. The predicted octanol–water partition coefficient (Wildman–Crippen LogP) is 14.1. The van der Waals surface area contributed by atoms with Crippen LogP contribution in [0.2, 0.25) is 0 Å². The first-order valence-electron chi connectivity index (χ1n) is 19.6. The first-order valence-corrected chi connectivity index (χ1v) is 19.6. The van der Waals surface area contributed by atoms with E-state index in [-0.39, 0.29) is 6.17 Å². The molecule has 2 aromatic heterocycles. The number of anilines is 1. The molecule has 3 heteroatoms. The van der Waals surface area contributed by atoms with Crippen molar-refractivity contribution in [2.75, 3.05) is 5.32 Å². The van der Waals surface area contributed by atoms with Crippen LogP contribution in [0.4, 0.5) is 5.69 Å². The van der Waals surface area contributed by atoms with Crippen molar-refractivity contribution in [1.29, 1.82) is 0 Å². The first-order chi connectivity index (χ1) is 27.7. The molecule has 8 aromatic carbocycles. The minimum absolute atomic E-state index is 0.0809. The summed E-state index contributed by atoms with van der Waals surface area (Å²) >= 11 is 0. The van der Waals surface area contributed by atoms with Crippen LogP contribution in [-0.4, -0.2) is 9.13 Å². The fourth-order valence-corrected chi connectivity index (χ4v) is 9.23. The van der Waals surface area contributed by atoms with E-state index in [1.54, 1.807) is 0 Å². The van der Waals surface area contributed by atoms with E-state index in [0.29, 0.717) is 0 Å². The lowest BCUT2D eigenvalue weighted by atomic mass is 9.86. The Labute approximate surface area is 326 Å². The van der Waals surface area contributed by atoms with Gasteiger partial charge in [0.25, 0.3) is 0 Å². The lowest BCUT2D eigenvalue weighted by Gasteiger charge is -2.34. The molecule has 1 unspecified atom stereocenters. The molecule has 0 fully saturated rings. The van der Waals surface area contributed by atoms with Crippen LogP contribution in [-0.2, 0) is 0 Å². The molecule has 0 radical (unpaired) electrons. The molecule has 11 rings (SSSR count).